The van der Waals surface area contributed by atoms with Gasteiger partial charge < -0.3 is 11.5 Å². The Labute approximate surface area is 76.8 Å². The summed E-state index contributed by atoms with van der Waals surface area (Å²) in [7, 11) is -4.69. The van der Waals surface area contributed by atoms with Crippen LogP contribution in [0.25, 0.3) is 0 Å². The molecule has 0 fully saturated rings. The smallest absolute Gasteiger partial charge is 0.0777 e. The van der Waals surface area contributed by atoms with Crippen LogP contribution in [0.1, 0.15) is 0 Å². The number of nitrogen functional groups attached to an aromatic ring is 2. The molecule has 0 saturated carbocycles. The van der Waals surface area contributed by atoms with Gasteiger partial charge >= 0.3 is 0 Å². The Morgan fingerprint density at radius 2 is 1.08 bits per heavy atom. The van der Waals surface area contributed by atoms with E-state index in [1.165, 1.54) is 0 Å². The first-order chi connectivity index (χ1) is 5.79. The second-order valence-electron chi connectivity index (χ2n) is 2.06. The minimum Gasteiger partial charge on any atom is -0.399 e. The number of nitrogens with two attached hydrogens (primary N) is 2. The highest BCUT2D eigenvalue weighted by Crippen LogP contribution is 2.04. The molecule has 0 aromatic heterocycles. The molecule has 1 aromatic rings. The summed E-state index contributed by atoms with van der Waals surface area (Å²) in [6.45, 7) is 0. The van der Waals surface area contributed by atoms with Gasteiger partial charge in [0.05, 0.1) is 14.9 Å². The molecule has 6 nitrogen and oxygen atoms in total. The fourth-order valence-electron chi connectivity index (χ4n) is 0.496. The van der Waals surface area contributed by atoms with Crippen LogP contribution < -0.4 is 25.4 Å². The van der Waals surface area contributed by atoms with Crippen molar-refractivity contribution in [1.29, 1.82) is 0 Å². The number of rotatable bonds is 0. The quantitative estimate of drug-likeness (QED) is 0.382. The molecule has 0 amide bonds. The van der Waals surface area contributed by atoms with Gasteiger partial charge in [-0.05, 0) is 24.3 Å². The fourth-order valence-corrected chi connectivity index (χ4v) is 0.496. The Balaban J connectivity index is 0.000000252. The largest absolute Gasteiger partial charge is 0.399 e. The second kappa shape index (κ2) is 4.85. The third-order valence-electron chi connectivity index (χ3n) is 0.936. The molecule has 0 bridgehead atoms. The van der Waals surface area contributed by atoms with Crippen molar-refractivity contribution in [2.75, 3.05) is 11.5 Å². The van der Waals surface area contributed by atoms with E-state index in [0.29, 0.717) is 0 Å². The van der Waals surface area contributed by atoms with E-state index in [1.807, 2.05) is 0 Å². The SMILES string of the molecule is Nc1ccc(N)cc1.[O-][Cl+3]([O-])([O-])O. The summed E-state index contributed by atoms with van der Waals surface area (Å²) in [4.78, 5) is 0. The molecule has 1 rings (SSSR count). The zero-order chi connectivity index (χ0) is 10.5. The van der Waals surface area contributed by atoms with E-state index in [-0.39, 0.29) is 0 Å². The number of halogens is 1. The summed E-state index contributed by atoms with van der Waals surface area (Å²) in [5.41, 5.74) is 12.2. The molecule has 5 N–H and O–H groups in total. The first kappa shape index (κ1) is 11.9. The molecule has 0 aliphatic rings. The van der Waals surface area contributed by atoms with Gasteiger partial charge in [-0.3, -0.25) is 0 Å². The molecular weight excluding hydrogens is 200 g/mol. The average Bonchev–Trinajstić information content (AvgIpc) is 1.92. The lowest BCUT2D eigenvalue weighted by Gasteiger charge is -2.03. The highest BCUT2D eigenvalue weighted by Gasteiger charge is 1.98. The van der Waals surface area contributed by atoms with E-state index in [4.69, 9.17) is 30.1 Å². The van der Waals surface area contributed by atoms with Gasteiger partial charge in [-0.2, -0.15) is 14.0 Å². The van der Waals surface area contributed by atoms with Gasteiger partial charge in [-0.25, -0.2) is 0 Å². The number of anilines is 2. The zero-order valence-electron chi connectivity index (χ0n) is 6.51. The van der Waals surface area contributed by atoms with E-state index >= 15 is 0 Å². The Morgan fingerprint density at radius 3 is 1.23 bits per heavy atom. The molecule has 0 aliphatic heterocycles. The average molecular weight is 209 g/mol. The van der Waals surface area contributed by atoms with Crippen molar-refractivity contribution < 1.29 is 28.9 Å². The summed E-state index contributed by atoms with van der Waals surface area (Å²) >= 11 is 0. The van der Waals surface area contributed by atoms with Crippen molar-refractivity contribution in [3.63, 3.8) is 0 Å². The number of benzene rings is 1. The first-order valence-corrected chi connectivity index (χ1v) is 4.29. The van der Waals surface area contributed by atoms with Crippen molar-refractivity contribution >= 4 is 11.4 Å². The summed E-state index contributed by atoms with van der Waals surface area (Å²) in [6, 6.07) is 7.09. The topological polar surface area (TPSA) is 141 Å². The Morgan fingerprint density at radius 1 is 0.923 bits per heavy atom. The summed E-state index contributed by atoms with van der Waals surface area (Å²) < 4.78 is 32.7. The predicted molar refractivity (Wildman–Crippen MR) is 37.5 cm³/mol. The van der Waals surface area contributed by atoms with Gasteiger partial charge in [0, 0.05) is 11.4 Å². The molecule has 7 heteroatoms. The van der Waals surface area contributed by atoms with Crippen LogP contribution in [0.5, 0.6) is 0 Å². The standard InChI is InChI=1S/C6H8N2.ClHO4/c7-5-1-2-6(8)4-3-5;2-1(3,4)5/h1-4H,7-8H2;(H,2,3,4,5). The molecular formula is C6H9ClN2O4. The predicted octanol–water partition coefficient (Wildman–Crippen LogP) is -3.27. The summed E-state index contributed by atoms with van der Waals surface area (Å²) in [5, 5.41) is 0. The first-order valence-electron chi connectivity index (χ1n) is 3.03. The monoisotopic (exact) mass is 208 g/mol. The van der Waals surface area contributed by atoms with Gasteiger partial charge in [0.1, 0.15) is 0 Å². The normalized spacial score (nSPS) is 10.2. The second-order valence-corrected chi connectivity index (χ2v) is 2.85. The Bertz CT molecular complexity index is 219. The van der Waals surface area contributed by atoms with Crippen molar-refractivity contribution in [2.45, 2.75) is 0 Å². The molecule has 13 heavy (non-hydrogen) atoms. The summed E-state index contributed by atoms with van der Waals surface area (Å²) in [6.07, 6.45) is 0. The van der Waals surface area contributed by atoms with E-state index in [1.54, 1.807) is 24.3 Å². The highest BCUT2D eigenvalue weighted by molar-refractivity contribution is 5.47. The van der Waals surface area contributed by atoms with Crippen molar-refractivity contribution in [1.82, 2.24) is 0 Å². The van der Waals surface area contributed by atoms with Crippen LogP contribution in [0.15, 0.2) is 24.3 Å². The maximum absolute atomic E-state index is 8.60. The third kappa shape index (κ3) is 10.9. The van der Waals surface area contributed by atoms with E-state index < -0.39 is 10.2 Å². The highest BCUT2D eigenvalue weighted by atomic mass is 35.7. The van der Waals surface area contributed by atoms with E-state index in [9.17, 15) is 0 Å². The minimum absolute atomic E-state index is 0.749. The molecule has 1 aromatic carbocycles. The number of hydrogen-bond acceptors (Lipinski definition) is 6. The van der Waals surface area contributed by atoms with Crippen molar-refractivity contribution in [3.05, 3.63) is 24.3 Å². The van der Waals surface area contributed by atoms with Crippen molar-refractivity contribution in [3.8, 4) is 0 Å². The van der Waals surface area contributed by atoms with Crippen LogP contribution in [-0.4, -0.2) is 4.66 Å². The summed E-state index contributed by atoms with van der Waals surface area (Å²) in [5.74, 6) is 0. The van der Waals surface area contributed by atoms with E-state index in [2.05, 4.69) is 0 Å². The molecule has 0 atom stereocenters. The van der Waals surface area contributed by atoms with Crippen LogP contribution >= 0.6 is 0 Å². The molecule has 0 spiro atoms. The maximum atomic E-state index is 8.60. The maximum Gasteiger partial charge on any atom is 0.0777 e. The fraction of sp³-hybridized carbons (Fsp3) is 0. The Hall–Kier alpha value is -1.05. The Kier molecular flexibility index (Phi) is 4.46. The molecule has 0 heterocycles. The van der Waals surface area contributed by atoms with Gasteiger partial charge in [0.25, 0.3) is 0 Å². The third-order valence-corrected chi connectivity index (χ3v) is 0.936. The van der Waals surface area contributed by atoms with Crippen LogP contribution in [0.3, 0.4) is 0 Å². The van der Waals surface area contributed by atoms with Gasteiger partial charge in [-0.15, -0.1) is 0 Å². The van der Waals surface area contributed by atoms with Crippen molar-refractivity contribution in [2.24, 2.45) is 0 Å². The lowest BCUT2D eigenvalue weighted by atomic mass is 10.3. The van der Waals surface area contributed by atoms with Crippen LogP contribution in [0.4, 0.5) is 11.4 Å². The lowest BCUT2D eigenvalue weighted by Crippen LogP contribution is -2.58. The minimum atomic E-state index is -4.69. The van der Waals surface area contributed by atoms with Gasteiger partial charge in [-0.1, -0.05) is 0 Å². The zero-order valence-corrected chi connectivity index (χ0v) is 7.27. The molecule has 0 unspecified atom stereocenters. The lowest BCUT2D eigenvalue weighted by molar-refractivity contribution is -1.92. The van der Waals surface area contributed by atoms with Gasteiger partial charge in [0.2, 0.25) is 0 Å². The molecule has 0 radical (unpaired) electrons. The number of hydrogen-bond donors (Lipinski definition) is 3. The molecule has 74 valence electrons. The van der Waals surface area contributed by atoms with E-state index in [0.717, 1.165) is 11.4 Å². The van der Waals surface area contributed by atoms with Crippen LogP contribution in [-0.2, 0) is 0 Å². The van der Waals surface area contributed by atoms with Gasteiger partial charge in [0.15, 0.2) is 0 Å². The molecule has 0 saturated heterocycles. The van der Waals surface area contributed by atoms with Crippen LogP contribution in [0.2, 0.25) is 0 Å². The molecule has 0 aliphatic carbocycles. The van der Waals surface area contributed by atoms with Crippen LogP contribution in [0, 0.1) is 10.2 Å².